The molecule has 2 aliphatic rings. The topological polar surface area (TPSA) is 164 Å². The molecule has 30 heavy (non-hydrogen) atoms. The van der Waals surface area contributed by atoms with Gasteiger partial charge in [-0.3, -0.25) is 9.97 Å². The maximum absolute atomic E-state index is 11.0. The van der Waals surface area contributed by atoms with Crippen LogP contribution in [0.25, 0.3) is 11.4 Å². The van der Waals surface area contributed by atoms with Crippen molar-refractivity contribution in [2.45, 2.75) is 12.2 Å². The molecule has 1 aromatic carbocycles. The van der Waals surface area contributed by atoms with E-state index in [-0.39, 0.29) is 42.0 Å². The quantitative estimate of drug-likeness (QED) is 0.269. The summed E-state index contributed by atoms with van der Waals surface area (Å²) in [6, 6.07) is 13.4. The van der Waals surface area contributed by atoms with Crippen molar-refractivity contribution < 1.29 is 39.0 Å². The fraction of sp³-hybridized carbons (Fsp3) is 0.100. The number of fused-ring (bicyclic) bond motifs is 6. The van der Waals surface area contributed by atoms with Crippen molar-refractivity contribution in [3.8, 4) is 17.1 Å². The monoisotopic (exact) mass is 440 g/mol. The SMILES string of the molecule is N/C([O-])=N/N=C/c1ccccc1[O-].[O-2].[V+4].c1cnc2c(c1)C1OC1c1cccnc1-2. The van der Waals surface area contributed by atoms with Gasteiger partial charge in [0.25, 0.3) is 0 Å². The average molecular weight is 440 g/mol. The molecule has 3 aromatic rings. The number of para-hydroxylation sites is 1. The minimum absolute atomic E-state index is 0. The van der Waals surface area contributed by atoms with Crippen LogP contribution >= 0.6 is 0 Å². The van der Waals surface area contributed by atoms with E-state index in [1.165, 1.54) is 23.4 Å². The van der Waals surface area contributed by atoms with Crippen LogP contribution in [0.5, 0.6) is 5.75 Å². The number of nitrogens with two attached hydrogens (primary N) is 1. The van der Waals surface area contributed by atoms with Crippen molar-refractivity contribution in [1.82, 2.24) is 9.97 Å². The number of epoxide rings is 1. The molecule has 1 saturated heterocycles. The zero-order valence-corrected chi connectivity index (χ0v) is 16.8. The van der Waals surface area contributed by atoms with Gasteiger partial charge in [-0.15, -0.1) is 5.10 Å². The minimum atomic E-state index is -0.889. The Labute approximate surface area is 184 Å². The Kier molecular flexibility index (Phi) is 7.68. The van der Waals surface area contributed by atoms with Gasteiger partial charge in [-0.2, -0.15) is 5.10 Å². The van der Waals surface area contributed by atoms with Crippen LogP contribution < -0.4 is 15.9 Å². The van der Waals surface area contributed by atoms with Crippen LogP contribution in [0.1, 0.15) is 28.9 Å². The summed E-state index contributed by atoms with van der Waals surface area (Å²) >= 11 is 0. The van der Waals surface area contributed by atoms with Crippen LogP contribution in [0, 0.1) is 0 Å². The van der Waals surface area contributed by atoms with Crippen LogP contribution in [-0.2, 0) is 28.8 Å². The Hall–Kier alpha value is -3.24. The normalized spacial score (nSPS) is 17.8. The van der Waals surface area contributed by atoms with Crippen LogP contribution in [0.3, 0.4) is 0 Å². The molecule has 3 heterocycles. The smallest absolute Gasteiger partial charge is 2.00 e. The molecule has 5 rings (SSSR count). The molecular formula is C20H15N5O4V. The number of hydrogen-bond donors (Lipinski definition) is 1. The first-order chi connectivity index (χ1) is 13.6. The molecule has 1 radical (unpaired) electrons. The first-order valence-corrected chi connectivity index (χ1v) is 8.50. The fourth-order valence-corrected chi connectivity index (χ4v) is 3.01. The molecule has 2 atom stereocenters. The van der Waals surface area contributed by atoms with Gasteiger partial charge in [0.1, 0.15) is 12.2 Å². The maximum Gasteiger partial charge on any atom is 4.00 e. The van der Waals surface area contributed by atoms with Crippen molar-refractivity contribution >= 4 is 12.2 Å². The van der Waals surface area contributed by atoms with Crippen molar-refractivity contribution in [1.29, 1.82) is 0 Å². The molecule has 9 nitrogen and oxygen atoms in total. The van der Waals surface area contributed by atoms with E-state index in [2.05, 4.69) is 32.3 Å². The van der Waals surface area contributed by atoms with E-state index < -0.39 is 6.02 Å². The van der Waals surface area contributed by atoms with E-state index in [0.29, 0.717) is 5.56 Å². The number of ether oxygens (including phenoxy) is 1. The molecule has 10 heteroatoms. The predicted molar refractivity (Wildman–Crippen MR) is 99.8 cm³/mol. The molecule has 2 N–H and O–H groups in total. The van der Waals surface area contributed by atoms with Crippen molar-refractivity contribution in [2.75, 3.05) is 0 Å². The van der Waals surface area contributed by atoms with Crippen molar-refractivity contribution in [3.05, 3.63) is 77.6 Å². The minimum Gasteiger partial charge on any atom is -2.00 e. The third kappa shape index (κ3) is 4.84. The summed E-state index contributed by atoms with van der Waals surface area (Å²) in [4.78, 5) is 8.79. The van der Waals surface area contributed by atoms with E-state index in [9.17, 15) is 10.2 Å². The number of nitrogens with zero attached hydrogens (tertiary/aromatic N) is 4. The van der Waals surface area contributed by atoms with Gasteiger partial charge in [-0.1, -0.05) is 42.1 Å². The molecule has 0 saturated carbocycles. The fourth-order valence-electron chi connectivity index (χ4n) is 3.01. The summed E-state index contributed by atoms with van der Waals surface area (Å²) in [5, 5.41) is 27.5. The van der Waals surface area contributed by atoms with Gasteiger partial charge in [-0.25, -0.2) is 0 Å². The van der Waals surface area contributed by atoms with Crippen LogP contribution in [-0.4, -0.2) is 22.2 Å². The van der Waals surface area contributed by atoms with E-state index in [1.54, 1.807) is 30.6 Å². The maximum atomic E-state index is 11.0. The molecule has 1 aliphatic heterocycles. The summed E-state index contributed by atoms with van der Waals surface area (Å²) in [6.45, 7) is 0. The molecule has 0 spiro atoms. The largest absolute Gasteiger partial charge is 4.00 e. The van der Waals surface area contributed by atoms with E-state index in [4.69, 9.17) is 10.5 Å². The van der Waals surface area contributed by atoms with Crippen molar-refractivity contribution in [3.63, 3.8) is 0 Å². The molecule has 149 valence electrons. The Bertz CT molecular complexity index is 1020. The molecule has 1 aliphatic carbocycles. The number of rotatable bonds is 2. The van der Waals surface area contributed by atoms with Gasteiger partial charge < -0.3 is 26.2 Å². The van der Waals surface area contributed by atoms with Gasteiger partial charge in [0.05, 0.1) is 23.6 Å². The predicted octanol–water partition coefficient (Wildman–Crippen LogP) is 0.917. The second-order valence-corrected chi connectivity index (χ2v) is 6.08. The Morgan fingerprint density at radius 1 is 0.967 bits per heavy atom. The number of amidine groups is 1. The average Bonchev–Trinajstić information content (AvgIpc) is 3.51. The summed E-state index contributed by atoms with van der Waals surface area (Å²) in [6.07, 6.45) is 5.23. The van der Waals surface area contributed by atoms with Gasteiger partial charge in [0.15, 0.2) is 0 Å². The zero-order chi connectivity index (χ0) is 19.5. The summed E-state index contributed by atoms with van der Waals surface area (Å²) in [5.41, 5.74) is 9.37. The first kappa shape index (κ1) is 23.0. The van der Waals surface area contributed by atoms with Gasteiger partial charge in [0.2, 0.25) is 0 Å². The molecular weight excluding hydrogens is 425 g/mol. The third-order valence-corrected chi connectivity index (χ3v) is 4.28. The standard InChI is InChI=1S/C12H8N2O.C8H9N3O2.O.V/c1-3-7-9(13-5-1)10-8(4-2-6-14-10)12-11(7)15-12;9-8(13)11-10-5-6-3-1-2-4-7(6)12;;/h1-6,11-12H;1-5,12H,(H3,9,11,13);;/q;;-2;+4/p-2/b;10-5+;;. The third-order valence-electron chi connectivity index (χ3n) is 4.28. The molecule has 0 amide bonds. The van der Waals surface area contributed by atoms with Crippen molar-refractivity contribution in [2.24, 2.45) is 15.9 Å². The summed E-state index contributed by atoms with van der Waals surface area (Å²) < 4.78 is 5.65. The Balaban J connectivity index is 0.000000203. The second-order valence-electron chi connectivity index (χ2n) is 6.08. The first-order valence-electron chi connectivity index (χ1n) is 8.50. The molecule has 2 unspecified atom stereocenters. The molecule has 0 bridgehead atoms. The van der Waals surface area contributed by atoms with Gasteiger partial charge in [-0.05, 0) is 17.7 Å². The van der Waals surface area contributed by atoms with Crippen LogP contribution in [0.4, 0.5) is 0 Å². The summed E-state index contributed by atoms with van der Waals surface area (Å²) in [5.74, 6) is -0.175. The number of hydrogen-bond acceptors (Lipinski definition) is 7. The Morgan fingerprint density at radius 3 is 2.07 bits per heavy atom. The van der Waals surface area contributed by atoms with E-state index >= 15 is 0 Å². The van der Waals surface area contributed by atoms with Crippen LogP contribution in [0.2, 0.25) is 0 Å². The zero-order valence-electron chi connectivity index (χ0n) is 15.5. The second kappa shape index (κ2) is 9.99. The molecule has 2 aromatic heterocycles. The number of benzene rings is 1. The number of aromatic nitrogens is 2. The summed E-state index contributed by atoms with van der Waals surface area (Å²) in [7, 11) is 0. The Morgan fingerprint density at radius 2 is 1.53 bits per heavy atom. The van der Waals surface area contributed by atoms with E-state index in [1.807, 2.05) is 12.1 Å². The van der Waals surface area contributed by atoms with Gasteiger partial charge in [0, 0.05) is 23.5 Å². The molecule has 1 fully saturated rings. The number of pyridine rings is 2. The van der Waals surface area contributed by atoms with Gasteiger partial charge >= 0.3 is 18.6 Å². The van der Waals surface area contributed by atoms with E-state index in [0.717, 1.165) is 11.4 Å². The van der Waals surface area contributed by atoms with Crippen LogP contribution in [0.15, 0.2) is 71.1 Å².